The predicted octanol–water partition coefficient (Wildman–Crippen LogP) is 2.18. The van der Waals surface area contributed by atoms with Crippen LogP contribution in [0.2, 0.25) is 0 Å². The molecule has 0 aliphatic heterocycles. The molecule has 0 saturated heterocycles. The molecular formula is C11H16N2S. The number of thioether (sulfide) groups is 1. The molecule has 2 nitrogen and oxygen atoms in total. The summed E-state index contributed by atoms with van der Waals surface area (Å²) in [5.41, 5.74) is 13.3. The van der Waals surface area contributed by atoms with Gasteiger partial charge in [0.05, 0.1) is 0 Å². The van der Waals surface area contributed by atoms with E-state index >= 15 is 0 Å². The molecular weight excluding hydrogens is 192 g/mol. The minimum Gasteiger partial charge on any atom is -0.398 e. The first-order valence-electron chi connectivity index (χ1n) is 4.58. The Morgan fingerprint density at radius 3 is 2.86 bits per heavy atom. The molecule has 0 radical (unpaired) electrons. The summed E-state index contributed by atoms with van der Waals surface area (Å²) in [5, 5.41) is 0. The molecule has 0 aliphatic rings. The Morgan fingerprint density at radius 2 is 2.14 bits per heavy atom. The SMILES string of the molecule is Cc1ccc(N)c(SCC=CCN)c1. The van der Waals surface area contributed by atoms with Gasteiger partial charge in [0.25, 0.3) is 0 Å². The fourth-order valence-corrected chi connectivity index (χ4v) is 1.98. The van der Waals surface area contributed by atoms with Crippen LogP contribution in [0.15, 0.2) is 35.2 Å². The van der Waals surface area contributed by atoms with E-state index in [-0.39, 0.29) is 0 Å². The highest BCUT2D eigenvalue weighted by Gasteiger charge is 1.98. The summed E-state index contributed by atoms with van der Waals surface area (Å²) in [7, 11) is 0. The molecule has 1 rings (SSSR count). The third kappa shape index (κ3) is 3.44. The summed E-state index contributed by atoms with van der Waals surface area (Å²) in [6.07, 6.45) is 4.02. The third-order valence-corrected chi connectivity index (χ3v) is 2.83. The minimum absolute atomic E-state index is 0.601. The van der Waals surface area contributed by atoms with E-state index in [0.717, 1.165) is 16.3 Å². The Balaban J connectivity index is 2.57. The largest absolute Gasteiger partial charge is 0.398 e. The van der Waals surface area contributed by atoms with Gasteiger partial charge in [-0.05, 0) is 24.6 Å². The van der Waals surface area contributed by atoms with Crippen LogP contribution in [0, 0.1) is 6.92 Å². The number of rotatable bonds is 4. The van der Waals surface area contributed by atoms with Crippen LogP contribution < -0.4 is 11.5 Å². The lowest BCUT2D eigenvalue weighted by Crippen LogP contribution is -1.93. The molecule has 0 atom stereocenters. The van der Waals surface area contributed by atoms with Crippen molar-refractivity contribution in [2.24, 2.45) is 5.73 Å². The molecule has 3 heteroatoms. The fourth-order valence-electron chi connectivity index (χ4n) is 1.07. The van der Waals surface area contributed by atoms with Crippen molar-refractivity contribution in [3.05, 3.63) is 35.9 Å². The monoisotopic (exact) mass is 208 g/mol. The average molecular weight is 208 g/mol. The highest BCUT2D eigenvalue weighted by atomic mass is 32.2. The van der Waals surface area contributed by atoms with Crippen LogP contribution in [0.3, 0.4) is 0 Å². The molecule has 1 aromatic rings. The maximum absolute atomic E-state index is 5.83. The summed E-state index contributed by atoms with van der Waals surface area (Å²) in [6, 6.07) is 6.08. The van der Waals surface area contributed by atoms with Crippen molar-refractivity contribution in [3.8, 4) is 0 Å². The van der Waals surface area contributed by atoms with Gasteiger partial charge in [0, 0.05) is 22.9 Å². The number of benzene rings is 1. The van der Waals surface area contributed by atoms with Gasteiger partial charge in [0.2, 0.25) is 0 Å². The van der Waals surface area contributed by atoms with Crippen molar-refractivity contribution >= 4 is 17.4 Å². The van der Waals surface area contributed by atoms with Crippen LogP contribution in [-0.2, 0) is 0 Å². The van der Waals surface area contributed by atoms with Gasteiger partial charge in [0.1, 0.15) is 0 Å². The quantitative estimate of drug-likeness (QED) is 0.453. The van der Waals surface area contributed by atoms with E-state index in [0.29, 0.717) is 6.54 Å². The van der Waals surface area contributed by atoms with Crippen molar-refractivity contribution in [1.29, 1.82) is 0 Å². The maximum Gasteiger partial charge on any atom is 0.0452 e. The molecule has 0 spiro atoms. The van der Waals surface area contributed by atoms with Crippen molar-refractivity contribution in [1.82, 2.24) is 0 Å². The molecule has 0 fully saturated rings. The standard InChI is InChI=1S/C11H16N2S/c1-9-4-5-10(13)11(8-9)14-7-3-2-6-12/h2-5,8H,6-7,12-13H2,1H3. The Kier molecular flexibility index (Phi) is 4.56. The lowest BCUT2D eigenvalue weighted by molar-refractivity contribution is 1.25. The lowest BCUT2D eigenvalue weighted by Gasteiger charge is -2.04. The first-order valence-corrected chi connectivity index (χ1v) is 5.56. The van der Waals surface area contributed by atoms with E-state index in [9.17, 15) is 0 Å². The topological polar surface area (TPSA) is 52.0 Å². The van der Waals surface area contributed by atoms with E-state index in [2.05, 4.69) is 19.1 Å². The number of hydrogen-bond acceptors (Lipinski definition) is 3. The molecule has 4 N–H and O–H groups in total. The normalized spacial score (nSPS) is 11.0. The van der Waals surface area contributed by atoms with Crippen LogP contribution in [0.5, 0.6) is 0 Å². The van der Waals surface area contributed by atoms with Gasteiger partial charge in [-0.2, -0.15) is 0 Å². The lowest BCUT2D eigenvalue weighted by atomic mass is 10.2. The Hall–Kier alpha value is -0.930. The van der Waals surface area contributed by atoms with Gasteiger partial charge >= 0.3 is 0 Å². The van der Waals surface area contributed by atoms with Crippen LogP contribution in [0.4, 0.5) is 5.69 Å². The van der Waals surface area contributed by atoms with Crippen LogP contribution >= 0.6 is 11.8 Å². The minimum atomic E-state index is 0.601. The zero-order chi connectivity index (χ0) is 10.4. The van der Waals surface area contributed by atoms with Crippen LogP contribution in [0.25, 0.3) is 0 Å². The number of nitrogens with two attached hydrogens (primary N) is 2. The number of nitrogen functional groups attached to an aromatic ring is 1. The maximum atomic E-state index is 5.83. The molecule has 14 heavy (non-hydrogen) atoms. The van der Waals surface area contributed by atoms with E-state index in [1.54, 1.807) is 11.8 Å². The highest BCUT2D eigenvalue weighted by Crippen LogP contribution is 2.25. The zero-order valence-electron chi connectivity index (χ0n) is 8.36. The van der Waals surface area contributed by atoms with Gasteiger partial charge in [-0.25, -0.2) is 0 Å². The second-order valence-electron chi connectivity index (χ2n) is 3.06. The highest BCUT2D eigenvalue weighted by molar-refractivity contribution is 7.99. The third-order valence-electron chi connectivity index (χ3n) is 1.81. The van der Waals surface area contributed by atoms with Crippen LogP contribution in [-0.4, -0.2) is 12.3 Å². The van der Waals surface area contributed by atoms with Crippen molar-refractivity contribution in [3.63, 3.8) is 0 Å². The molecule has 0 aromatic heterocycles. The molecule has 0 heterocycles. The predicted molar refractivity (Wildman–Crippen MR) is 64.5 cm³/mol. The number of anilines is 1. The molecule has 0 unspecified atom stereocenters. The van der Waals surface area contributed by atoms with Gasteiger partial charge in [0.15, 0.2) is 0 Å². The molecule has 0 saturated carbocycles. The Labute approximate surface area is 89.4 Å². The van der Waals surface area contributed by atoms with Crippen molar-refractivity contribution in [2.45, 2.75) is 11.8 Å². The van der Waals surface area contributed by atoms with Gasteiger partial charge in [-0.15, -0.1) is 11.8 Å². The summed E-state index contributed by atoms with van der Waals surface area (Å²) in [5.74, 6) is 0.921. The van der Waals surface area contributed by atoms with Gasteiger partial charge in [-0.1, -0.05) is 18.2 Å². The first-order chi connectivity index (χ1) is 6.74. The Morgan fingerprint density at radius 1 is 1.36 bits per heavy atom. The molecule has 0 aliphatic carbocycles. The van der Waals surface area contributed by atoms with E-state index in [1.807, 2.05) is 18.2 Å². The second kappa shape index (κ2) is 5.73. The van der Waals surface area contributed by atoms with E-state index in [1.165, 1.54) is 5.56 Å². The van der Waals surface area contributed by atoms with Gasteiger partial charge in [-0.3, -0.25) is 0 Å². The first kappa shape index (κ1) is 11.1. The second-order valence-corrected chi connectivity index (χ2v) is 4.12. The van der Waals surface area contributed by atoms with Crippen molar-refractivity contribution in [2.75, 3.05) is 18.0 Å². The molecule has 0 bridgehead atoms. The Bertz CT molecular complexity index is 321. The van der Waals surface area contributed by atoms with Gasteiger partial charge < -0.3 is 11.5 Å². The van der Waals surface area contributed by atoms with Crippen LogP contribution in [0.1, 0.15) is 5.56 Å². The number of aryl methyl sites for hydroxylation is 1. The number of hydrogen-bond donors (Lipinski definition) is 2. The average Bonchev–Trinajstić information content (AvgIpc) is 2.18. The molecule has 0 amide bonds. The summed E-state index contributed by atoms with van der Waals surface area (Å²) < 4.78 is 0. The smallest absolute Gasteiger partial charge is 0.0452 e. The molecule has 1 aromatic carbocycles. The van der Waals surface area contributed by atoms with Crippen molar-refractivity contribution < 1.29 is 0 Å². The zero-order valence-corrected chi connectivity index (χ0v) is 9.18. The van der Waals surface area contributed by atoms with E-state index in [4.69, 9.17) is 11.5 Å². The van der Waals surface area contributed by atoms with E-state index < -0.39 is 0 Å². The summed E-state index contributed by atoms with van der Waals surface area (Å²) in [4.78, 5) is 1.15. The fraction of sp³-hybridized carbons (Fsp3) is 0.273. The summed E-state index contributed by atoms with van der Waals surface area (Å²) >= 11 is 1.73. The summed E-state index contributed by atoms with van der Waals surface area (Å²) in [6.45, 7) is 2.67. The molecule has 76 valence electrons.